The number of hydroxylamine groups is 2. The number of aromatic nitrogens is 2. The number of amides is 1. The maximum Gasteiger partial charge on any atom is 0.430 e. The van der Waals surface area contributed by atoms with E-state index in [-0.39, 0.29) is 12.0 Å². The van der Waals surface area contributed by atoms with Gasteiger partial charge in [0.15, 0.2) is 0 Å². The second-order valence-corrected chi connectivity index (χ2v) is 8.84. The van der Waals surface area contributed by atoms with Gasteiger partial charge in [-0.25, -0.2) is 14.8 Å². The molecule has 34 heavy (non-hydrogen) atoms. The Morgan fingerprint density at radius 3 is 2.65 bits per heavy atom. The van der Waals surface area contributed by atoms with Crippen LogP contribution in [0.25, 0.3) is 10.2 Å². The molecule has 0 saturated carbocycles. The standard InChI is InChI=1S/C22H25N7O4S/c1-13-11-32-19(24-13)16-12-34-20-17(16)18(26-21(23)27-20)28-7-9-29(10-8-28)33-22(30)25-14-3-5-15(31-2)6-4-14/h3-6,12-13H,7-11H2,1-2H3,(H,25,30)(H2,23,26,27). The van der Waals surface area contributed by atoms with Gasteiger partial charge < -0.3 is 24.9 Å². The number of anilines is 3. The van der Waals surface area contributed by atoms with Crippen molar-refractivity contribution in [2.45, 2.75) is 13.0 Å². The van der Waals surface area contributed by atoms with E-state index < -0.39 is 6.09 Å². The molecule has 11 nitrogen and oxygen atoms in total. The monoisotopic (exact) mass is 483 g/mol. The number of hydrogen-bond donors (Lipinski definition) is 2. The van der Waals surface area contributed by atoms with Crippen LogP contribution in [0.3, 0.4) is 0 Å². The number of fused-ring (bicyclic) bond motifs is 1. The van der Waals surface area contributed by atoms with Crippen molar-refractivity contribution < 1.29 is 19.1 Å². The van der Waals surface area contributed by atoms with E-state index in [1.54, 1.807) is 36.4 Å². The molecule has 1 fully saturated rings. The third kappa shape index (κ3) is 4.54. The molecule has 1 saturated heterocycles. The highest BCUT2D eigenvalue weighted by Gasteiger charge is 2.27. The predicted octanol–water partition coefficient (Wildman–Crippen LogP) is 2.73. The molecule has 3 aromatic rings. The average molecular weight is 484 g/mol. The number of thiophene rings is 1. The fourth-order valence-electron chi connectivity index (χ4n) is 3.87. The fourth-order valence-corrected chi connectivity index (χ4v) is 4.78. The number of nitrogen functional groups attached to an aromatic ring is 1. The SMILES string of the molecule is COc1ccc(NC(=O)ON2CCN(c3nc(N)nc4scc(C5=NC(C)CO5)c34)CC2)cc1. The van der Waals surface area contributed by atoms with Crippen LogP contribution in [0.4, 0.5) is 22.2 Å². The van der Waals surface area contributed by atoms with Gasteiger partial charge in [0.1, 0.15) is 23.0 Å². The third-order valence-corrected chi connectivity index (χ3v) is 6.42. The average Bonchev–Trinajstić information content (AvgIpc) is 3.45. The van der Waals surface area contributed by atoms with Crippen LogP contribution in [0.2, 0.25) is 0 Å². The summed E-state index contributed by atoms with van der Waals surface area (Å²) >= 11 is 1.49. The molecule has 5 rings (SSSR count). The lowest BCUT2D eigenvalue weighted by molar-refractivity contribution is -0.0966. The predicted molar refractivity (Wildman–Crippen MR) is 131 cm³/mol. The van der Waals surface area contributed by atoms with Crippen molar-refractivity contribution in [3.8, 4) is 5.75 Å². The van der Waals surface area contributed by atoms with Crippen LogP contribution >= 0.6 is 11.3 Å². The Morgan fingerprint density at radius 2 is 1.97 bits per heavy atom. The Balaban J connectivity index is 1.26. The molecule has 2 aliphatic rings. The van der Waals surface area contributed by atoms with Gasteiger partial charge in [-0.3, -0.25) is 5.32 Å². The Labute approximate surface area is 200 Å². The molecule has 1 aromatic carbocycles. The first-order valence-corrected chi connectivity index (χ1v) is 11.8. The minimum Gasteiger partial charge on any atom is -0.497 e. The number of nitrogens with zero attached hydrogens (tertiary/aromatic N) is 5. The van der Waals surface area contributed by atoms with Gasteiger partial charge in [-0.1, -0.05) is 0 Å². The number of nitrogens with one attached hydrogen (secondary N) is 1. The van der Waals surface area contributed by atoms with Crippen molar-refractivity contribution >= 4 is 51.0 Å². The molecule has 0 aliphatic carbocycles. The molecule has 1 unspecified atom stereocenters. The van der Waals surface area contributed by atoms with Gasteiger partial charge in [-0.15, -0.1) is 16.4 Å². The number of carbonyl (C=O) groups excluding carboxylic acids is 1. The number of piperazine rings is 1. The Morgan fingerprint density at radius 1 is 1.21 bits per heavy atom. The molecule has 4 heterocycles. The first-order chi connectivity index (χ1) is 16.5. The normalized spacial score (nSPS) is 18.5. The van der Waals surface area contributed by atoms with Crippen LogP contribution in [-0.4, -0.2) is 73.0 Å². The zero-order chi connectivity index (χ0) is 23.7. The first-order valence-electron chi connectivity index (χ1n) is 10.9. The maximum absolute atomic E-state index is 12.3. The molecule has 2 aliphatic heterocycles. The summed E-state index contributed by atoms with van der Waals surface area (Å²) in [6.07, 6.45) is -0.544. The van der Waals surface area contributed by atoms with Crippen molar-refractivity contribution in [1.29, 1.82) is 0 Å². The summed E-state index contributed by atoms with van der Waals surface area (Å²) in [5, 5.41) is 7.23. The van der Waals surface area contributed by atoms with Gasteiger partial charge in [-0.2, -0.15) is 4.98 Å². The molecule has 2 aromatic heterocycles. The summed E-state index contributed by atoms with van der Waals surface area (Å²) in [5.74, 6) is 2.29. The Bertz CT molecular complexity index is 1220. The van der Waals surface area contributed by atoms with E-state index in [4.69, 9.17) is 20.0 Å². The van der Waals surface area contributed by atoms with Crippen LogP contribution in [-0.2, 0) is 9.57 Å². The Kier molecular flexibility index (Phi) is 6.07. The highest BCUT2D eigenvalue weighted by atomic mass is 32.1. The van der Waals surface area contributed by atoms with Crippen LogP contribution in [0.5, 0.6) is 5.75 Å². The van der Waals surface area contributed by atoms with Crippen LogP contribution < -0.4 is 20.7 Å². The number of nitrogens with two attached hydrogens (primary N) is 1. The molecule has 1 atom stereocenters. The number of hydrogen-bond acceptors (Lipinski definition) is 11. The number of ether oxygens (including phenoxy) is 2. The van der Waals surface area contributed by atoms with Gasteiger partial charge in [-0.05, 0) is 31.2 Å². The number of methoxy groups -OCH3 is 1. The van der Waals surface area contributed by atoms with E-state index >= 15 is 0 Å². The summed E-state index contributed by atoms with van der Waals surface area (Å²) in [5.41, 5.74) is 7.51. The quantitative estimate of drug-likeness (QED) is 0.563. The topological polar surface area (TPSA) is 127 Å². The number of rotatable bonds is 5. The van der Waals surface area contributed by atoms with Crippen molar-refractivity contribution in [1.82, 2.24) is 15.0 Å². The zero-order valence-corrected chi connectivity index (χ0v) is 19.7. The summed E-state index contributed by atoms with van der Waals surface area (Å²) in [6, 6.07) is 7.15. The van der Waals surface area contributed by atoms with E-state index in [2.05, 4.69) is 25.2 Å². The summed E-state index contributed by atoms with van der Waals surface area (Å²) < 4.78 is 10.9. The van der Waals surface area contributed by atoms with E-state index in [1.807, 2.05) is 12.3 Å². The van der Waals surface area contributed by atoms with E-state index in [9.17, 15) is 4.79 Å². The van der Waals surface area contributed by atoms with Gasteiger partial charge in [0.2, 0.25) is 11.8 Å². The first kappa shape index (κ1) is 22.2. The van der Waals surface area contributed by atoms with Gasteiger partial charge >= 0.3 is 6.09 Å². The largest absolute Gasteiger partial charge is 0.497 e. The minimum absolute atomic E-state index is 0.118. The van der Waals surface area contributed by atoms with Gasteiger partial charge in [0.25, 0.3) is 0 Å². The molecule has 3 N–H and O–H groups in total. The highest BCUT2D eigenvalue weighted by molar-refractivity contribution is 7.17. The van der Waals surface area contributed by atoms with Crippen molar-refractivity contribution in [2.75, 3.05) is 55.8 Å². The molecule has 178 valence electrons. The van der Waals surface area contributed by atoms with Crippen molar-refractivity contribution in [2.24, 2.45) is 4.99 Å². The van der Waals surface area contributed by atoms with Crippen LogP contribution in [0, 0.1) is 0 Å². The zero-order valence-electron chi connectivity index (χ0n) is 18.9. The second-order valence-electron chi connectivity index (χ2n) is 7.98. The molecule has 0 radical (unpaired) electrons. The molecule has 1 amide bonds. The third-order valence-electron chi connectivity index (χ3n) is 5.55. The van der Waals surface area contributed by atoms with Crippen LogP contribution in [0.15, 0.2) is 34.6 Å². The summed E-state index contributed by atoms with van der Waals surface area (Å²) in [4.78, 5) is 34.2. The van der Waals surface area contributed by atoms with Crippen LogP contribution in [0.1, 0.15) is 12.5 Å². The van der Waals surface area contributed by atoms with Gasteiger partial charge in [0, 0.05) is 24.2 Å². The highest BCUT2D eigenvalue weighted by Crippen LogP contribution is 2.34. The second kappa shape index (κ2) is 9.31. The molecular formula is C22H25N7O4S. The smallest absolute Gasteiger partial charge is 0.430 e. The maximum atomic E-state index is 12.3. The summed E-state index contributed by atoms with van der Waals surface area (Å²) in [6.45, 7) is 4.79. The lowest BCUT2D eigenvalue weighted by Crippen LogP contribution is -2.47. The number of benzene rings is 1. The lowest BCUT2D eigenvalue weighted by Gasteiger charge is -2.34. The summed E-state index contributed by atoms with van der Waals surface area (Å²) in [7, 11) is 1.59. The molecule has 0 bridgehead atoms. The minimum atomic E-state index is -0.544. The fraction of sp³-hybridized carbons (Fsp3) is 0.364. The van der Waals surface area contributed by atoms with Crippen molar-refractivity contribution in [3.05, 3.63) is 35.2 Å². The number of carbonyl (C=O) groups is 1. The molecule has 0 spiro atoms. The van der Waals surface area contributed by atoms with E-state index in [0.29, 0.717) is 50.1 Å². The molecule has 12 heteroatoms. The Hall–Kier alpha value is -3.64. The van der Waals surface area contributed by atoms with Gasteiger partial charge in [0.05, 0.1) is 37.2 Å². The number of aliphatic imine (C=N–C) groups is 1. The van der Waals surface area contributed by atoms with E-state index in [1.165, 1.54) is 11.3 Å². The molecular weight excluding hydrogens is 458 g/mol. The van der Waals surface area contributed by atoms with Crippen molar-refractivity contribution in [3.63, 3.8) is 0 Å². The lowest BCUT2D eigenvalue weighted by atomic mass is 10.2. The van der Waals surface area contributed by atoms with E-state index in [0.717, 1.165) is 21.6 Å².